The fourth-order valence-electron chi connectivity index (χ4n) is 2.35. The van der Waals surface area contributed by atoms with Gasteiger partial charge in [-0.25, -0.2) is 4.98 Å². The van der Waals surface area contributed by atoms with E-state index in [0.29, 0.717) is 0 Å². The molecule has 0 saturated heterocycles. The molecule has 0 spiro atoms. The second kappa shape index (κ2) is 6.28. The summed E-state index contributed by atoms with van der Waals surface area (Å²) in [7, 11) is 0. The predicted molar refractivity (Wildman–Crippen MR) is 86.2 cm³/mol. The Morgan fingerprint density at radius 1 is 1.00 bits per heavy atom. The highest BCUT2D eigenvalue weighted by Gasteiger charge is 2.09. The molecule has 0 aliphatic rings. The molecule has 0 amide bonds. The number of fused-ring (bicyclic) bond motifs is 1. The van der Waals surface area contributed by atoms with Gasteiger partial charge in [-0.3, -0.25) is 4.40 Å². The Hall–Kier alpha value is -2.53. The smallest absolute Gasteiger partial charge is 0.138 e. The number of hydrogen-bond donors (Lipinski definition) is 0. The number of rotatable bonds is 3. The molecule has 0 atom stereocenters. The lowest BCUT2D eigenvalue weighted by Gasteiger charge is -1.97. The van der Waals surface area contributed by atoms with Crippen molar-refractivity contribution in [3.8, 4) is 11.8 Å². The topological polar surface area (TPSA) is 17.3 Å². The van der Waals surface area contributed by atoms with Crippen LogP contribution in [0.15, 0.2) is 54.7 Å². The van der Waals surface area contributed by atoms with Crippen molar-refractivity contribution in [3.63, 3.8) is 0 Å². The van der Waals surface area contributed by atoms with E-state index in [9.17, 15) is 0 Å². The van der Waals surface area contributed by atoms with Gasteiger partial charge in [-0.05, 0) is 43.0 Å². The van der Waals surface area contributed by atoms with Crippen molar-refractivity contribution in [2.45, 2.75) is 26.2 Å². The minimum Gasteiger partial charge on any atom is -0.293 e. The maximum atomic E-state index is 4.72. The van der Waals surface area contributed by atoms with Crippen molar-refractivity contribution in [1.82, 2.24) is 9.38 Å². The minimum atomic E-state index is 0.973. The fourth-order valence-corrected chi connectivity index (χ4v) is 2.35. The number of unbranched alkanes of at least 4 members (excludes halogenated alkanes) is 1. The van der Waals surface area contributed by atoms with Gasteiger partial charge in [-0.1, -0.05) is 43.5 Å². The summed E-state index contributed by atoms with van der Waals surface area (Å²) < 4.78 is 2.08. The number of aromatic nitrogens is 2. The van der Waals surface area contributed by atoms with Gasteiger partial charge in [0.1, 0.15) is 11.3 Å². The van der Waals surface area contributed by atoms with Crippen LogP contribution in [0.3, 0.4) is 0 Å². The quantitative estimate of drug-likeness (QED) is 0.658. The highest BCUT2D eigenvalue weighted by Crippen LogP contribution is 2.14. The Morgan fingerprint density at radius 2 is 1.81 bits per heavy atom. The lowest BCUT2D eigenvalue weighted by Crippen LogP contribution is -1.92. The third-order valence-corrected chi connectivity index (χ3v) is 3.47. The van der Waals surface area contributed by atoms with Gasteiger partial charge in [-0.15, -0.1) is 0 Å². The largest absolute Gasteiger partial charge is 0.293 e. The lowest BCUT2D eigenvalue weighted by molar-refractivity contribution is 0.779. The van der Waals surface area contributed by atoms with Crippen LogP contribution in [0.2, 0.25) is 0 Å². The van der Waals surface area contributed by atoms with Gasteiger partial charge in [0.15, 0.2) is 0 Å². The first-order chi connectivity index (χ1) is 10.4. The van der Waals surface area contributed by atoms with Crippen LogP contribution in [0.5, 0.6) is 0 Å². The van der Waals surface area contributed by atoms with Gasteiger partial charge in [-0.2, -0.15) is 0 Å². The summed E-state index contributed by atoms with van der Waals surface area (Å²) in [6, 6.07) is 16.2. The highest BCUT2D eigenvalue weighted by atomic mass is 15.0. The summed E-state index contributed by atoms with van der Waals surface area (Å²) >= 11 is 0. The first-order valence-electron chi connectivity index (χ1n) is 7.41. The Morgan fingerprint density at radius 3 is 2.62 bits per heavy atom. The van der Waals surface area contributed by atoms with E-state index < -0.39 is 0 Å². The first kappa shape index (κ1) is 13.5. The van der Waals surface area contributed by atoms with E-state index in [2.05, 4.69) is 23.2 Å². The van der Waals surface area contributed by atoms with E-state index in [4.69, 9.17) is 4.98 Å². The molecule has 0 bridgehead atoms. The Labute approximate surface area is 125 Å². The molecule has 0 fully saturated rings. The molecule has 2 aromatic heterocycles. The normalized spacial score (nSPS) is 10.3. The molecule has 2 heterocycles. The zero-order chi connectivity index (χ0) is 14.5. The summed E-state index contributed by atoms with van der Waals surface area (Å²) in [5, 5.41) is 0. The molecule has 3 rings (SSSR count). The van der Waals surface area contributed by atoms with Gasteiger partial charge in [0.2, 0.25) is 0 Å². The standard InChI is InChI=1S/C19H18N2/c1-2-3-11-17-18(14-13-16-9-5-4-6-10-16)21-15-8-7-12-19(21)20-17/h4-10,12,15H,2-3,11H2,1H3. The average Bonchev–Trinajstić information content (AvgIpc) is 2.89. The summed E-state index contributed by atoms with van der Waals surface area (Å²) in [6.07, 6.45) is 5.33. The molecule has 0 N–H and O–H groups in total. The Kier molecular flexibility index (Phi) is 4.02. The van der Waals surface area contributed by atoms with Gasteiger partial charge in [0, 0.05) is 11.8 Å². The molecule has 3 aromatic rings. The first-order valence-corrected chi connectivity index (χ1v) is 7.41. The lowest BCUT2D eigenvalue weighted by atomic mass is 10.1. The number of nitrogens with zero attached hydrogens (tertiary/aromatic N) is 2. The Balaban J connectivity index is 2.05. The van der Waals surface area contributed by atoms with E-state index in [0.717, 1.165) is 35.4 Å². The van der Waals surface area contributed by atoms with Crippen LogP contribution in [0, 0.1) is 11.8 Å². The van der Waals surface area contributed by atoms with Gasteiger partial charge in [0.05, 0.1) is 5.69 Å². The third-order valence-electron chi connectivity index (χ3n) is 3.47. The molecule has 2 nitrogen and oxygen atoms in total. The van der Waals surface area contributed by atoms with Crippen molar-refractivity contribution >= 4 is 5.65 Å². The molecule has 0 aliphatic carbocycles. The van der Waals surface area contributed by atoms with E-state index in [1.807, 2.05) is 54.7 Å². The number of pyridine rings is 1. The zero-order valence-electron chi connectivity index (χ0n) is 12.2. The van der Waals surface area contributed by atoms with Gasteiger partial charge >= 0.3 is 0 Å². The van der Waals surface area contributed by atoms with E-state index in [1.165, 1.54) is 6.42 Å². The van der Waals surface area contributed by atoms with Crippen molar-refractivity contribution < 1.29 is 0 Å². The highest BCUT2D eigenvalue weighted by molar-refractivity contribution is 5.50. The van der Waals surface area contributed by atoms with Crippen LogP contribution < -0.4 is 0 Å². The van der Waals surface area contributed by atoms with Crippen LogP contribution in [-0.2, 0) is 6.42 Å². The SMILES string of the molecule is CCCCc1nc2ccccn2c1C#Cc1ccccc1. The second-order valence-electron chi connectivity index (χ2n) is 5.06. The molecular formula is C19H18N2. The number of benzene rings is 1. The van der Waals surface area contributed by atoms with Crippen LogP contribution in [0.25, 0.3) is 5.65 Å². The number of aryl methyl sites for hydroxylation is 1. The van der Waals surface area contributed by atoms with Crippen molar-refractivity contribution in [3.05, 3.63) is 71.7 Å². The predicted octanol–water partition coefficient (Wildman–Crippen LogP) is 4.08. The second-order valence-corrected chi connectivity index (χ2v) is 5.06. The fraction of sp³-hybridized carbons (Fsp3) is 0.211. The van der Waals surface area contributed by atoms with Crippen LogP contribution in [-0.4, -0.2) is 9.38 Å². The van der Waals surface area contributed by atoms with Crippen molar-refractivity contribution in [2.24, 2.45) is 0 Å². The molecule has 1 aromatic carbocycles. The van der Waals surface area contributed by atoms with E-state index in [1.54, 1.807) is 0 Å². The van der Waals surface area contributed by atoms with E-state index in [-0.39, 0.29) is 0 Å². The maximum absolute atomic E-state index is 4.72. The molecule has 0 aliphatic heterocycles. The van der Waals surface area contributed by atoms with E-state index >= 15 is 0 Å². The summed E-state index contributed by atoms with van der Waals surface area (Å²) in [6.45, 7) is 2.20. The van der Waals surface area contributed by atoms with Crippen LogP contribution in [0.4, 0.5) is 0 Å². The number of hydrogen-bond acceptors (Lipinski definition) is 1. The Bertz CT molecular complexity index is 789. The molecule has 21 heavy (non-hydrogen) atoms. The molecule has 0 unspecified atom stereocenters. The van der Waals surface area contributed by atoms with Crippen molar-refractivity contribution in [1.29, 1.82) is 0 Å². The maximum Gasteiger partial charge on any atom is 0.138 e. The molecule has 0 radical (unpaired) electrons. The van der Waals surface area contributed by atoms with Crippen molar-refractivity contribution in [2.75, 3.05) is 0 Å². The third kappa shape index (κ3) is 2.98. The molecular weight excluding hydrogens is 256 g/mol. The monoisotopic (exact) mass is 274 g/mol. The summed E-state index contributed by atoms with van der Waals surface area (Å²) in [5.41, 5.74) is 4.13. The minimum absolute atomic E-state index is 0.973. The molecule has 0 saturated carbocycles. The molecule has 2 heteroatoms. The van der Waals surface area contributed by atoms with Gasteiger partial charge < -0.3 is 0 Å². The van der Waals surface area contributed by atoms with Crippen LogP contribution >= 0.6 is 0 Å². The number of imidazole rings is 1. The average molecular weight is 274 g/mol. The summed E-state index contributed by atoms with van der Waals surface area (Å²) in [4.78, 5) is 4.72. The van der Waals surface area contributed by atoms with Crippen LogP contribution in [0.1, 0.15) is 36.7 Å². The summed E-state index contributed by atoms with van der Waals surface area (Å²) in [5.74, 6) is 6.56. The zero-order valence-corrected chi connectivity index (χ0v) is 12.2. The van der Waals surface area contributed by atoms with Gasteiger partial charge in [0.25, 0.3) is 0 Å². The molecule has 104 valence electrons.